The van der Waals surface area contributed by atoms with Crippen molar-refractivity contribution in [3.05, 3.63) is 33.3 Å². The third kappa shape index (κ3) is 3.18. The Balaban J connectivity index is 2.21. The fourth-order valence-electron chi connectivity index (χ4n) is 2.11. The SMILES string of the molecule is CC(C)(C)OC(=O)C1(C(O)c2ccc(Cl)c(Br)c2)CC1. The van der Waals surface area contributed by atoms with E-state index in [9.17, 15) is 9.90 Å². The van der Waals surface area contributed by atoms with Gasteiger partial charge in [0.15, 0.2) is 0 Å². The summed E-state index contributed by atoms with van der Waals surface area (Å²) >= 11 is 9.27. The lowest BCUT2D eigenvalue weighted by Crippen LogP contribution is -2.33. The van der Waals surface area contributed by atoms with Gasteiger partial charge in [-0.3, -0.25) is 4.79 Å². The van der Waals surface area contributed by atoms with Crippen molar-refractivity contribution in [2.45, 2.75) is 45.3 Å². The number of aliphatic hydroxyl groups is 1. The van der Waals surface area contributed by atoms with Crippen molar-refractivity contribution in [1.29, 1.82) is 0 Å². The zero-order valence-corrected chi connectivity index (χ0v) is 14.1. The Kier molecular flexibility index (Phi) is 4.20. The summed E-state index contributed by atoms with van der Waals surface area (Å²) in [6.07, 6.45) is 0.415. The second-order valence-electron chi connectivity index (χ2n) is 6.23. The van der Waals surface area contributed by atoms with Gasteiger partial charge in [-0.05, 0) is 67.2 Å². The first-order valence-corrected chi connectivity index (χ1v) is 7.69. The average molecular weight is 362 g/mol. The van der Waals surface area contributed by atoms with E-state index in [1.807, 2.05) is 20.8 Å². The summed E-state index contributed by atoms with van der Waals surface area (Å²) in [6.45, 7) is 5.48. The molecule has 1 N–H and O–H groups in total. The maximum absolute atomic E-state index is 12.3. The molecule has 0 bridgehead atoms. The summed E-state index contributed by atoms with van der Waals surface area (Å²) in [6, 6.07) is 5.19. The van der Waals surface area contributed by atoms with Crippen LogP contribution in [0.15, 0.2) is 22.7 Å². The van der Waals surface area contributed by atoms with Gasteiger partial charge in [0.2, 0.25) is 0 Å². The zero-order chi connectivity index (χ0) is 15.1. The molecule has 1 aromatic rings. The van der Waals surface area contributed by atoms with E-state index in [1.165, 1.54) is 0 Å². The molecule has 1 aliphatic rings. The number of esters is 1. The number of ether oxygens (including phenoxy) is 1. The van der Waals surface area contributed by atoms with Crippen molar-refractivity contribution in [1.82, 2.24) is 0 Å². The van der Waals surface area contributed by atoms with Gasteiger partial charge in [0.25, 0.3) is 0 Å². The van der Waals surface area contributed by atoms with Crippen LogP contribution >= 0.6 is 27.5 Å². The summed E-state index contributed by atoms with van der Waals surface area (Å²) in [7, 11) is 0. The van der Waals surface area contributed by atoms with Gasteiger partial charge in [-0.1, -0.05) is 17.7 Å². The predicted octanol–water partition coefficient (Wildman–Crippen LogP) is 4.26. The van der Waals surface area contributed by atoms with Gasteiger partial charge in [-0.15, -0.1) is 0 Å². The molecule has 0 spiro atoms. The van der Waals surface area contributed by atoms with Crippen LogP contribution in [0.3, 0.4) is 0 Å². The number of benzene rings is 1. The van der Waals surface area contributed by atoms with Crippen molar-refractivity contribution >= 4 is 33.5 Å². The first kappa shape index (κ1) is 15.8. The minimum absolute atomic E-state index is 0.330. The van der Waals surface area contributed by atoms with Crippen LogP contribution in [0.2, 0.25) is 5.02 Å². The Morgan fingerprint density at radius 1 is 1.45 bits per heavy atom. The summed E-state index contributed by atoms with van der Waals surface area (Å²) in [5.74, 6) is -0.330. The molecule has 0 amide bonds. The smallest absolute Gasteiger partial charge is 0.315 e. The molecule has 2 rings (SSSR count). The first-order valence-electron chi connectivity index (χ1n) is 6.52. The Hall–Kier alpha value is -0.580. The van der Waals surface area contributed by atoms with Crippen LogP contribution in [0.1, 0.15) is 45.3 Å². The van der Waals surface area contributed by atoms with E-state index in [4.69, 9.17) is 16.3 Å². The third-order valence-electron chi connectivity index (χ3n) is 3.38. The number of rotatable bonds is 3. The summed E-state index contributed by atoms with van der Waals surface area (Å²) in [4.78, 5) is 12.3. The minimum Gasteiger partial charge on any atom is -0.459 e. The largest absolute Gasteiger partial charge is 0.459 e. The molecule has 3 nitrogen and oxygen atoms in total. The molecule has 0 saturated heterocycles. The van der Waals surface area contributed by atoms with Gasteiger partial charge < -0.3 is 9.84 Å². The summed E-state index contributed by atoms with van der Waals surface area (Å²) < 4.78 is 6.13. The Bertz CT molecular complexity index is 532. The molecule has 5 heteroatoms. The number of aliphatic hydroxyl groups excluding tert-OH is 1. The van der Waals surface area contributed by atoms with Gasteiger partial charge in [0.1, 0.15) is 5.60 Å². The number of carbonyl (C=O) groups excluding carboxylic acids is 1. The molecule has 1 fully saturated rings. The lowest BCUT2D eigenvalue weighted by atomic mass is 9.92. The van der Waals surface area contributed by atoms with Crippen molar-refractivity contribution in [3.8, 4) is 0 Å². The van der Waals surface area contributed by atoms with Crippen molar-refractivity contribution in [2.24, 2.45) is 5.41 Å². The van der Waals surface area contributed by atoms with Crippen LogP contribution < -0.4 is 0 Å². The van der Waals surface area contributed by atoms with Crippen LogP contribution in [0.5, 0.6) is 0 Å². The van der Waals surface area contributed by atoms with Crippen molar-refractivity contribution < 1.29 is 14.6 Å². The highest BCUT2D eigenvalue weighted by Gasteiger charge is 2.58. The first-order chi connectivity index (χ1) is 9.16. The lowest BCUT2D eigenvalue weighted by molar-refractivity contribution is -0.166. The van der Waals surface area contributed by atoms with E-state index in [2.05, 4.69) is 15.9 Å². The maximum Gasteiger partial charge on any atom is 0.315 e. The Labute approximate surface area is 132 Å². The molecule has 0 heterocycles. The zero-order valence-electron chi connectivity index (χ0n) is 11.7. The van der Waals surface area contributed by atoms with Crippen molar-refractivity contribution in [3.63, 3.8) is 0 Å². The lowest BCUT2D eigenvalue weighted by Gasteiger charge is -2.27. The van der Waals surface area contributed by atoms with Crippen LogP contribution in [-0.4, -0.2) is 16.7 Å². The fourth-order valence-corrected chi connectivity index (χ4v) is 2.62. The van der Waals surface area contributed by atoms with E-state index >= 15 is 0 Å². The Morgan fingerprint density at radius 3 is 2.50 bits per heavy atom. The third-order valence-corrected chi connectivity index (χ3v) is 4.59. The molecular weight excluding hydrogens is 344 g/mol. The monoisotopic (exact) mass is 360 g/mol. The quantitative estimate of drug-likeness (QED) is 0.818. The average Bonchev–Trinajstić information content (AvgIpc) is 3.11. The molecule has 1 aliphatic carbocycles. The molecule has 1 unspecified atom stereocenters. The van der Waals surface area contributed by atoms with Crippen LogP contribution in [0.4, 0.5) is 0 Å². The molecule has 0 aliphatic heterocycles. The number of carbonyl (C=O) groups is 1. The highest BCUT2D eigenvalue weighted by Crippen LogP contribution is 2.56. The Morgan fingerprint density at radius 2 is 2.05 bits per heavy atom. The van der Waals surface area contributed by atoms with Crippen molar-refractivity contribution in [2.75, 3.05) is 0 Å². The van der Waals surface area contributed by atoms with E-state index in [0.717, 1.165) is 0 Å². The molecule has 0 aromatic heterocycles. The second kappa shape index (κ2) is 5.32. The number of hydrogen-bond donors (Lipinski definition) is 1. The van der Waals surface area contributed by atoms with Crippen LogP contribution in [0.25, 0.3) is 0 Å². The molecular formula is C15H18BrClO3. The standard InChI is InChI=1S/C15H18BrClO3/c1-14(2,3)20-13(19)15(6-7-15)12(18)9-4-5-11(17)10(16)8-9/h4-5,8,12,18H,6-7H2,1-3H3. The second-order valence-corrected chi connectivity index (χ2v) is 7.50. The molecule has 1 atom stereocenters. The van der Waals surface area contributed by atoms with Crippen LogP contribution in [0, 0.1) is 5.41 Å². The van der Waals surface area contributed by atoms with Gasteiger partial charge in [0, 0.05) is 4.47 Å². The maximum atomic E-state index is 12.3. The topological polar surface area (TPSA) is 46.5 Å². The van der Waals surface area contributed by atoms with Gasteiger partial charge in [-0.2, -0.15) is 0 Å². The van der Waals surface area contributed by atoms with Gasteiger partial charge in [-0.25, -0.2) is 0 Å². The van der Waals surface area contributed by atoms with E-state index in [0.29, 0.717) is 27.9 Å². The molecule has 1 saturated carbocycles. The molecule has 20 heavy (non-hydrogen) atoms. The number of halogens is 2. The molecule has 0 radical (unpaired) electrons. The molecule has 1 aromatic carbocycles. The number of hydrogen-bond acceptors (Lipinski definition) is 3. The normalized spacial score (nSPS) is 18.5. The summed E-state index contributed by atoms with van der Waals surface area (Å²) in [5.41, 5.74) is -0.683. The fraction of sp³-hybridized carbons (Fsp3) is 0.533. The van der Waals surface area contributed by atoms with Gasteiger partial charge >= 0.3 is 5.97 Å². The minimum atomic E-state index is -0.870. The highest BCUT2D eigenvalue weighted by atomic mass is 79.9. The molecule has 110 valence electrons. The van der Waals surface area contributed by atoms with Crippen LogP contribution in [-0.2, 0) is 9.53 Å². The highest BCUT2D eigenvalue weighted by molar-refractivity contribution is 9.10. The van der Waals surface area contributed by atoms with E-state index in [1.54, 1.807) is 18.2 Å². The van der Waals surface area contributed by atoms with E-state index in [-0.39, 0.29) is 5.97 Å². The van der Waals surface area contributed by atoms with E-state index < -0.39 is 17.1 Å². The van der Waals surface area contributed by atoms with Gasteiger partial charge in [0.05, 0.1) is 16.5 Å². The summed E-state index contributed by atoms with van der Waals surface area (Å²) in [5, 5.41) is 11.1. The predicted molar refractivity (Wildman–Crippen MR) is 81.6 cm³/mol.